The normalized spacial score (nSPS) is 18.2. The fourth-order valence-corrected chi connectivity index (χ4v) is 3.79. The number of aryl methyl sites for hydroxylation is 1. The third kappa shape index (κ3) is 3.14. The van der Waals surface area contributed by atoms with Gasteiger partial charge in [-0.3, -0.25) is 9.30 Å². The molecular weight excluding hydrogens is 304 g/mol. The fraction of sp³-hybridized carbons (Fsp3) is 0.467. The summed E-state index contributed by atoms with van der Waals surface area (Å²) in [5.41, 5.74) is 0.982. The van der Waals surface area contributed by atoms with Crippen molar-refractivity contribution in [3.05, 3.63) is 29.8 Å². The molecule has 1 aromatic rings. The Bertz CT molecular complexity index is 680. The molecule has 1 aromatic carbocycles. The van der Waals surface area contributed by atoms with Gasteiger partial charge in [0.1, 0.15) is 5.84 Å². The van der Waals surface area contributed by atoms with Crippen molar-refractivity contribution in [2.45, 2.75) is 37.6 Å². The quantitative estimate of drug-likeness (QED) is 0.773. The number of rotatable bonds is 5. The maximum Gasteiger partial charge on any atom is 0.332 e. The van der Waals surface area contributed by atoms with Gasteiger partial charge in [-0.2, -0.15) is 0 Å². The number of hydrogen-bond donors (Lipinski definition) is 0. The molecule has 0 aliphatic carbocycles. The van der Waals surface area contributed by atoms with E-state index in [2.05, 4.69) is 9.73 Å². The van der Waals surface area contributed by atoms with Gasteiger partial charge in [0.15, 0.2) is 6.04 Å². The maximum absolute atomic E-state index is 12.8. The van der Waals surface area contributed by atoms with Gasteiger partial charge in [0.25, 0.3) is 10.0 Å². The van der Waals surface area contributed by atoms with Crippen molar-refractivity contribution < 1.29 is 17.9 Å². The number of esters is 1. The van der Waals surface area contributed by atoms with Crippen molar-refractivity contribution in [1.29, 1.82) is 0 Å². The van der Waals surface area contributed by atoms with E-state index in [0.717, 1.165) is 12.0 Å². The molecule has 0 saturated carbocycles. The zero-order valence-corrected chi connectivity index (χ0v) is 13.8. The average molecular weight is 324 g/mol. The number of aliphatic imine (C=N–C) groups is 1. The number of hydrogen-bond acceptors (Lipinski definition) is 5. The van der Waals surface area contributed by atoms with Crippen LogP contribution in [0.4, 0.5) is 0 Å². The largest absolute Gasteiger partial charge is 0.467 e. The summed E-state index contributed by atoms with van der Waals surface area (Å²) in [5, 5.41) is 0. The monoisotopic (exact) mass is 324 g/mol. The van der Waals surface area contributed by atoms with E-state index in [9.17, 15) is 13.2 Å². The summed E-state index contributed by atoms with van der Waals surface area (Å²) < 4.78 is 31.5. The molecule has 1 aliphatic rings. The van der Waals surface area contributed by atoms with Crippen LogP contribution in [0, 0.1) is 6.92 Å². The minimum absolute atomic E-state index is 0.00177. The summed E-state index contributed by atoms with van der Waals surface area (Å²) in [5.74, 6) is -0.103. The van der Waals surface area contributed by atoms with Crippen molar-refractivity contribution in [2.75, 3.05) is 13.7 Å². The Morgan fingerprint density at radius 2 is 2.00 bits per heavy atom. The van der Waals surface area contributed by atoms with E-state index >= 15 is 0 Å². The van der Waals surface area contributed by atoms with Gasteiger partial charge in [-0.1, -0.05) is 24.6 Å². The molecule has 0 bridgehead atoms. The number of methoxy groups -OCH3 is 1. The maximum atomic E-state index is 12.8. The van der Waals surface area contributed by atoms with Crippen LogP contribution in [0.2, 0.25) is 0 Å². The lowest BCUT2D eigenvalue weighted by molar-refractivity contribution is -0.141. The molecule has 6 nitrogen and oxygen atoms in total. The first kappa shape index (κ1) is 16.5. The lowest BCUT2D eigenvalue weighted by atomic mass is 10.2. The molecule has 0 N–H and O–H groups in total. The number of benzene rings is 1. The van der Waals surface area contributed by atoms with E-state index < -0.39 is 22.0 Å². The zero-order valence-electron chi connectivity index (χ0n) is 12.9. The Labute approximate surface area is 130 Å². The van der Waals surface area contributed by atoms with E-state index in [4.69, 9.17) is 0 Å². The Hall–Kier alpha value is -1.89. The fourth-order valence-electron chi connectivity index (χ4n) is 2.30. The highest BCUT2D eigenvalue weighted by Gasteiger charge is 2.37. The first-order chi connectivity index (χ1) is 10.4. The van der Waals surface area contributed by atoms with Gasteiger partial charge in [-0.05, 0) is 25.5 Å². The van der Waals surface area contributed by atoms with Crippen LogP contribution in [0.5, 0.6) is 0 Å². The standard InChI is InChI=1S/C15H20N2O4S/c1-4-5-14-16-13(15(18)21-3)10-17(14)22(19,20)12-8-6-11(2)7-9-12/h6-9,13H,4-5,10H2,1-3H3/t13-/m0/s1. The topological polar surface area (TPSA) is 76.0 Å². The summed E-state index contributed by atoms with van der Waals surface area (Å²) in [6, 6.07) is 5.85. The number of amidine groups is 1. The van der Waals surface area contributed by atoms with E-state index in [0.29, 0.717) is 12.3 Å². The number of carbonyl (C=O) groups excluding carboxylic acids is 1. The molecule has 2 rings (SSSR count). The van der Waals surface area contributed by atoms with Gasteiger partial charge in [-0.25, -0.2) is 13.2 Å². The first-order valence-electron chi connectivity index (χ1n) is 7.14. The van der Waals surface area contributed by atoms with Crippen molar-refractivity contribution in [2.24, 2.45) is 4.99 Å². The number of sulfonamides is 1. The van der Waals surface area contributed by atoms with Crippen LogP contribution in [-0.4, -0.2) is 44.2 Å². The second-order valence-electron chi connectivity index (χ2n) is 5.18. The van der Waals surface area contributed by atoms with Crippen molar-refractivity contribution in [3.8, 4) is 0 Å². The van der Waals surface area contributed by atoms with Gasteiger partial charge in [0.05, 0.1) is 18.6 Å². The second-order valence-corrected chi connectivity index (χ2v) is 7.05. The lowest BCUT2D eigenvalue weighted by Crippen LogP contribution is -2.37. The predicted octanol–water partition coefficient (Wildman–Crippen LogP) is 1.74. The van der Waals surface area contributed by atoms with Crippen LogP contribution in [0.1, 0.15) is 25.3 Å². The molecule has 0 amide bonds. The molecule has 0 saturated heterocycles. The second kappa shape index (κ2) is 6.48. The summed E-state index contributed by atoms with van der Waals surface area (Å²) in [7, 11) is -2.43. The van der Waals surface area contributed by atoms with Crippen molar-refractivity contribution in [1.82, 2.24) is 4.31 Å². The molecule has 7 heteroatoms. The smallest absolute Gasteiger partial charge is 0.332 e. The summed E-state index contributed by atoms with van der Waals surface area (Å²) in [4.78, 5) is 16.1. The lowest BCUT2D eigenvalue weighted by Gasteiger charge is -2.20. The van der Waals surface area contributed by atoms with Gasteiger partial charge < -0.3 is 4.74 Å². The van der Waals surface area contributed by atoms with Gasteiger partial charge >= 0.3 is 5.97 Å². The third-order valence-electron chi connectivity index (χ3n) is 3.49. The minimum Gasteiger partial charge on any atom is -0.467 e. The SMILES string of the molecule is CCCC1=N[C@H](C(=O)OC)CN1S(=O)(=O)c1ccc(C)cc1. The summed E-state index contributed by atoms with van der Waals surface area (Å²) >= 11 is 0. The number of ether oxygens (including phenoxy) is 1. The van der Waals surface area contributed by atoms with Gasteiger partial charge in [-0.15, -0.1) is 0 Å². The Balaban J connectivity index is 2.35. The average Bonchev–Trinajstić information content (AvgIpc) is 2.92. The molecule has 0 spiro atoms. The molecule has 1 aliphatic heterocycles. The van der Waals surface area contributed by atoms with Crippen LogP contribution in [0.25, 0.3) is 0 Å². The van der Waals surface area contributed by atoms with Gasteiger partial charge in [0, 0.05) is 6.42 Å². The highest BCUT2D eigenvalue weighted by molar-refractivity contribution is 7.89. The molecule has 0 unspecified atom stereocenters. The number of carbonyl (C=O) groups is 1. The van der Waals surface area contributed by atoms with Crippen molar-refractivity contribution in [3.63, 3.8) is 0 Å². The highest BCUT2D eigenvalue weighted by Crippen LogP contribution is 2.23. The van der Waals surface area contributed by atoms with E-state index in [1.807, 2.05) is 13.8 Å². The Kier molecular flexibility index (Phi) is 4.85. The first-order valence-corrected chi connectivity index (χ1v) is 8.58. The molecule has 1 atom stereocenters. The van der Waals surface area contributed by atoms with Crippen molar-refractivity contribution >= 4 is 21.8 Å². The van der Waals surface area contributed by atoms with Crippen LogP contribution in [-0.2, 0) is 19.6 Å². The number of nitrogens with zero attached hydrogens (tertiary/aromatic N) is 2. The molecule has 120 valence electrons. The Morgan fingerprint density at radius 1 is 1.36 bits per heavy atom. The molecule has 1 heterocycles. The zero-order chi connectivity index (χ0) is 16.3. The van der Waals surface area contributed by atoms with Crippen LogP contribution in [0.3, 0.4) is 0 Å². The van der Waals surface area contributed by atoms with E-state index in [1.54, 1.807) is 24.3 Å². The Morgan fingerprint density at radius 3 is 2.55 bits per heavy atom. The molecule has 22 heavy (non-hydrogen) atoms. The van der Waals surface area contributed by atoms with Crippen LogP contribution < -0.4 is 0 Å². The predicted molar refractivity (Wildman–Crippen MR) is 83.2 cm³/mol. The molecule has 0 aromatic heterocycles. The van der Waals surface area contributed by atoms with Gasteiger partial charge in [0.2, 0.25) is 0 Å². The highest BCUT2D eigenvalue weighted by atomic mass is 32.2. The molecule has 0 radical (unpaired) electrons. The van der Waals surface area contributed by atoms with Crippen LogP contribution >= 0.6 is 0 Å². The minimum atomic E-state index is -3.71. The third-order valence-corrected chi connectivity index (χ3v) is 5.30. The summed E-state index contributed by atoms with van der Waals surface area (Å²) in [6.45, 7) is 3.83. The molecular formula is C15H20N2O4S. The van der Waals surface area contributed by atoms with Crippen LogP contribution in [0.15, 0.2) is 34.2 Å². The van der Waals surface area contributed by atoms with E-state index in [-0.39, 0.29) is 11.4 Å². The summed E-state index contributed by atoms with van der Waals surface area (Å²) in [6.07, 6.45) is 1.24. The van der Waals surface area contributed by atoms with E-state index in [1.165, 1.54) is 11.4 Å². The molecule has 0 fully saturated rings.